The summed E-state index contributed by atoms with van der Waals surface area (Å²) in [5.74, 6) is -0.659. The Bertz CT molecular complexity index is 870. The van der Waals surface area contributed by atoms with Gasteiger partial charge in [0.2, 0.25) is 0 Å². The Morgan fingerprint density at radius 3 is 2.96 bits per heavy atom. The summed E-state index contributed by atoms with van der Waals surface area (Å²) >= 11 is 0. The molecule has 8 heteroatoms. The van der Waals surface area contributed by atoms with Crippen molar-refractivity contribution < 1.29 is 19.1 Å². The molecule has 8 nitrogen and oxygen atoms in total. The number of carboxylic acids is 1. The maximum Gasteiger partial charge on any atom is 0.337 e. The molecular weight excluding hydrogens is 336 g/mol. The van der Waals surface area contributed by atoms with Gasteiger partial charge in [-0.25, -0.2) is 9.78 Å². The van der Waals surface area contributed by atoms with E-state index in [1.54, 1.807) is 24.0 Å². The van der Waals surface area contributed by atoms with E-state index in [-0.39, 0.29) is 23.1 Å². The first-order valence-corrected chi connectivity index (χ1v) is 8.24. The maximum atomic E-state index is 12.4. The highest BCUT2D eigenvalue weighted by molar-refractivity contribution is 5.91. The summed E-state index contributed by atoms with van der Waals surface area (Å²) < 4.78 is 5.17. The van der Waals surface area contributed by atoms with E-state index in [1.807, 2.05) is 6.07 Å². The Balaban J connectivity index is 1.76. The van der Waals surface area contributed by atoms with Crippen LogP contribution in [0.25, 0.3) is 0 Å². The van der Waals surface area contributed by atoms with Crippen LogP contribution >= 0.6 is 0 Å². The molecule has 3 heterocycles. The molecule has 1 aliphatic rings. The zero-order chi connectivity index (χ0) is 18.7. The standard InChI is InChI=1S/C18H18N4O4/c1-11-14(18(24)25)8-12(9-19)16(20-11)21-13-4-2-6-22(10-13)17(23)15-5-3-7-26-15/h3,5,7-8,13H,2,4,6,10H2,1H3,(H,20,21)(H,24,25). The van der Waals surface area contributed by atoms with Gasteiger partial charge < -0.3 is 19.7 Å². The van der Waals surface area contributed by atoms with Crippen molar-refractivity contribution in [2.45, 2.75) is 25.8 Å². The number of amides is 1. The summed E-state index contributed by atoms with van der Waals surface area (Å²) in [5, 5.41) is 21.7. The molecule has 0 spiro atoms. The van der Waals surface area contributed by atoms with E-state index in [1.165, 1.54) is 12.3 Å². The van der Waals surface area contributed by atoms with Crippen LogP contribution in [0.4, 0.5) is 5.82 Å². The van der Waals surface area contributed by atoms with E-state index < -0.39 is 5.97 Å². The van der Waals surface area contributed by atoms with Gasteiger partial charge >= 0.3 is 5.97 Å². The summed E-state index contributed by atoms with van der Waals surface area (Å²) in [6.07, 6.45) is 3.08. The van der Waals surface area contributed by atoms with Crippen LogP contribution in [0.15, 0.2) is 28.9 Å². The van der Waals surface area contributed by atoms with Crippen molar-refractivity contribution in [3.05, 3.63) is 47.0 Å². The van der Waals surface area contributed by atoms with Gasteiger partial charge in [0, 0.05) is 19.1 Å². The van der Waals surface area contributed by atoms with Crippen LogP contribution in [0.3, 0.4) is 0 Å². The monoisotopic (exact) mass is 354 g/mol. The molecule has 0 radical (unpaired) electrons. The zero-order valence-electron chi connectivity index (χ0n) is 14.2. The summed E-state index contributed by atoms with van der Waals surface area (Å²) in [4.78, 5) is 29.6. The molecule has 0 aromatic carbocycles. The third kappa shape index (κ3) is 3.52. The smallest absolute Gasteiger partial charge is 0.337 e. The normalized spacial score (nSPS) is 16.8. The molecule has 1 saturated heterocycles. The van der Waals surface area contributed by atoms with Crippen molar-refractivity contribution in [2.75, 3.05) is 18.4 Å². The first-order chi connectivity index (χ1) is 12.5. The summed E-state index contributed by atoms with van der Waals surface area (Å²) in [6, 6.07) is 6.51. The predicted octanol–water partition coefficient (Wildman–Crippen LogP) is 2.27. The Kier molecular flexibility index (Phi) is 4.89. The van der Waals surface area contributed by atoms with E-state index in [9.17, 15) is 14.9 Å². The van der Waals surface area contributed by atoms with Gasteiger partial charge in [-0.05, 0) is 38.0 Å². The number of carboxylic acid groups (broad SMARTS) is 1. The highest BCUT2D eigenvalue weighted by Gasteiger charge is 2.27. The van der Waals surface area contributed by atoms with Gasteiger partial charge in [-0.2, -0.15) is 5.26 Å². The van der Waals surface area contributed by atoms with Gasteiger partial charge in [0.15, 0.2) is 5.76 Å². The molecule has 3 rings (SSSR count). The van der Waals surface area contributed by atoms with Crippen LogP contribution in [0, 0.1) is 18.3 Å². The van der Waals surface area contributed by atoms with Crippen LogP contribution < -0.4 is 5.32 Å². The number of likely N-dealkylation sites (tertiary alicyclic amines) is 1. The van der Waals surface area contributed by atoms with Crippen molar-refractivity contribution >= 4 is 17.7 Å². The van der Waals surface area contributed by atoms with Crippen molar-refractivity contribution in [2.24, 2.45) is 0 Å². The molecule has 0 bridgehead atoms. The van der Waals surface area contributed by atoms with Crippen molar-refractivity contribution in [1.29, 1.82) is 5.26 Å². The van der Waals surface area contributed by atoms with Gasteiger partial charge in [-0.1, -0.05) is 0 Å². The number of piperidine rings is 1. The molecule has 2 N–H and O–H groups in total. The lowest BCUT2D eigenvalue weighted by atomic mass is 10.0. The minimum atomic E-state index is -1.12. The quantitative estimate of drug-likeness (QED) is 0.864. The first kappa shape index (κ1) is 17.5. The van der Waals surface area contributed by atoms with E-state index in [4.69, 9.17) is 9.52 Å². The number of anilines is 1. The van der Waals surface area contributed by atoms with Crippen molar-refractivity contribution in [1.82, 2.24) is 9.88 Å². The van der Waals surface area contributed by atoms with Gasteiger partial charge in [0.05, 0.1) is 23.1 Å². The number of carbonyl (C=O) groups excluding carboxylic acids is 1. The number of rotatable bonds is 4. The Labute approximate surface area is 150 Å². The van der Waals surface area contributed by atoms with Crippen LogP contribution in [0.5, 0.6) is 0 Å². The average molecular weight is 354 g/mol. The number of hydrogen-bond acceptors (Lipinski definition) is 6. The van der Waals surface area contributed by atoms with Crippen LogP contribution in [0.1, 0.15) is 45.0 Å². The lowest BCUT2D eigenvalue weighted by Crippen LogP contribution is -2.45. The Morgan fingerprint density at radius 2 is 2.31 bits per heavy atom. The highest BCUT2D eigenvalue weighted by atomic mass is 16.4. The second kappa shape index (κ2) is 7.27. The second-order valence-corrected chi connectivity index (χ2v) is 6.15. The molecule has 0 saturated carbocycles. The maximum absolute atomic E-state index is 12.4. The minimum Gasteiger partial charge on any atom is -0.478 e. The number of pyridine rings is 1. The fourth-order valence-electron chi connectivity index (χ4n) is 3.05. The number of aromatic carboxylic acids is 1. The molecule has 2 aromatic rings. The van der Waals surface area contributed by atoms with E-state index in [0.29, 0.717) is 30.4 Å². The number of carbonyl (C=O) groups is 2. The van der Waals surface area contributed by atoms with Gasteiger partial charge in [0.1, 0.15) is 11.9 Å². The molecular formula is C18H18N4O4. The minimum absolute atomic E-state index is 0.00497. The Morgan fingerprint density at radius 1 is 1.50 bits per heavy atom. The summed E-state index contributed by atoms with van der Waals surface area (Å²) in [6.45, 7) is 2.67. The zero-order valence-corrected chi connectivity index (χ0v) is 14.2. The number of nitriles is 1. The Hall–Kier alpha value is -3.34. The van der Waals surface area contributed by atoms with Crippen molar-refractivity contribution in [3.8, 4) is 6.07 Å². The average Bonchev–Trinajstić information content (AvgIpc) is 3.16. The van der Waals surface area contributed by atoms with Gasteiger partial charge in [-0.3, -0.25) is 4.79 Å². The second-order valence-electron chi connectivity index (χ2n) is 6.15. The fraction of sp³-hybridized carbons (Fsp3) is 0.333. The first-order valence-electron chi connectivity index (χ1n) is 8.24. The molecule has 0 aliphatic carbocycles. The van der Waals surface area contributed by atoms with Crippen LogP contribution in [-0.2, 0) is 0 Å². The molecule has 1 unspecified atom stereocenters. The number of aromatic nitrogens is 1. The van der Waals surface area contributed by atoms with Crippen molar-refractivity contribution in [3.63, 3.8) is 0 Å². The largest absolute Gasteiger partial charge is 0.478 e. The van der Waals surface area contributed by atoms with Gasteiger partial charge in [0.25, 0.3) is 5.91 Å². The molecule has 2 aromatic heterocycles. The third-order valence-electron chi connectivity index (χ3n) is 4.35. The lowest BCUT2D eigenvalue weighted by molar-refractivity contribution is 0.0678. The highest BCUT2D eigenvalue weighted by Crippen LogP contribution is 2.21. The topological polar surface area (TPSA) is 119 Å². The van der Waals surface area contributed by atoms with Gasteiger partial charge in [-0.15, -0.1) is 0 Å². The molecule has 1 aliphatic heterocycles. The molecule has 26 heavy (non-hydrogen) atoms. The molecule has 1 atom stereocenters. The molecule has 1 amide bonds. The number of hydrogen-bond donors (Lipinski definition) is 2. The summed E-state index contributed by atoms with van der Waals surface area (Å²) in [7, 11) is 0. The van der Waals surface area contributed by atoms with Crippen LogP contribution in [-0.4, -0.2) is 46.0 Å². The van der Waals surface area contributed by atoms with Crippen LogP contribution in [0.2, 0.25) is 0 Å². The number of aryl methyl sites for hydroxylation is 1. The number of furan rings is 1. The number of nitrogens with one attached hydrogen (secondary N) is 1. The lowest BCUT2D eigenvalue weighted by Gasteiger charge is -2.33. The molecule has 134 valence electrons. The van der Waals surface area contributed by atoms with E-state index in [0.717, 1.165) is 12.8 Å². The predicted molar refractivity (Wildman–Crippen MR) is 91.9 cm³/mol. The van der Waals surface area contributed by atoms with E-state index >= 15 is 0 Å². The molecule has 1 fully saturated rings. The SMILES string of the molecule is Cc1nc(NC2CCCN(C(=O)c3ccco3)C2)c(C#N)cc1C(=O)O. The third-order valence-corrected chi connectivity index (χ3v) is 4.35. The number of nitrogens with zero attached hydrogens (tertiary/aromatic N) is 3. The van der Waals surface area contributed by atoms with E-state index in [2.05, 4.69) is 10.3 Å². The summed E-state index contributed by atoms with van der Waals surface area (Å²) in [5.41, 5.74) is 0.506. The fourth-order valence-corrected chi connectivity index (χ4v) is 3.05.